The van der Waals surface area contributed by atoms with Gasteiger partial charge in [0.05, 0.1) is 0 Å². The molecule has 1 saturated heterocycles. The second kappa shape index (κ2) is 6.58. The van der Waals surface area contributed by atoms with Gasteiger partial charge in [-0.2, -0.15) is 0 Å². The first kappa shape index (κ1) is 14.5. The molecule has 0 saturated carbocycles. The van der Waals surface area contributed by atoms with Gasteiger partial charge in [-0.1, -0.05) is 5.92 Å². The zero-order chi connectivity index (χ0) is 15.4. The monoisotopic (exact) mass is 315 g/mol. The number of benzene rings is 1. The van der Waals surface area contributed by atoms with E-state index in [2.05, 4.69) is 21.7 Å². The standard InChI is InChI=1S/C16H14FN3OS/c17-14-4-1-13(2-5-14)3-6-15(21)19-8-10-20(11-9-19)16-18-7-12-22-16/h1-2,4-5,7,12H,8-11H2. The highest BCUT2D eigenvalue weighted by atomic mass is 32.1. The number of nitrogens with zero attached hydrogens (tertiary/aromatic N) is 3. The van der Waals surface area contributed by atoms with E-state index in [1.54, 1.807) is 34.6 Å². The van der Waals surface area contributed by atoms with Crippen molar-refractivity contribution in [1.29, 1.82) is 0 Å². The van der Waals surface area contributed by atoms with Crippen molar-refractivity contribution in [3.05, 3.63) is 47.2 Å². The molecule has 2 aromatic rings. The van der Waals surface area contributed by atoms with Crippen LogP contribution in [0.1, 0.15) is 5.56 Å². The molecule has 1 fully saturated rings. The van der Waals surface area contributed by atoms with E-state index in [1.165, 1.54) is 12.1 Å². The van der Waals surface area contributed by atoms with Crippen LogP contribution >= 0.6 is 11.3 Å². The molecule has 6 heteroatoms. The topological polar surface area (TPSA) is 36.4 Å². The van der Waals surface area contributed by atoms with Crippen LogP contribution in [0.15, 0.2) is 35.8 Å². The Labute approximate surface area is 132 Å². The highest BCUT2D eigenvalue weighted by Crippen LogP contribution is 2.18. The largest absolute Gasteiger partial charge is 0.345 e. The van der Waals surface area contributed by atoms with E-state index in [9.17, 15) is 9.18 Å². The minimum absolute atomic E-state index is 0.192. The number of carbonyl (C=O) groups is 1. The van der Waals surface area contributed by atoms with E-state index >= 15 is 0 Å². The van der Waals surface area contributed by atoms with Crippen LogP contribution in [0.2, 0.25) is 0 Å². The number of thiazole rings is 1. The maximum absolute atomic E-state index is 12.8. The summed E-state index contributed by atoms with van der Waals surface area (Å²) in [6, 6.07) is 5.80. The van der Waals surface area contributed by atoms with E-state index in [0.717, 1.165) is 18.2 Å². The average molecular weight is 315 g/mol. The Kier molecular flexibility index (Phi) is 4.35. The summed E-state index contributed by atoms with van der Waals surface area (Å²) in [6.45, 7) is 2.79. The molecule has 4 nitrogen and oxygen atoms in total. The minimum atomic E-state index is -0.310. The molecule has 1 amide bonds. The molecule has 112 valence electrons. The number of halogens is 1. The fourth-order valence-electron chi connectivity index (χ4n) is 2.21. The van der Waals surface area contributed by atoms with E-state index in [0.29, 0.717) is 18.7 Å². The molecule has 0 N–H and O–H groups in total. The SMILES string of the molecule is O=C(C#Cc1ccc(F)cc1)N1CCN(c2nccs2)CC1. The molecular formula is C16H14FN3OS. The maximum Gasteiger partial charge on any atom is 0.298 e. The predicted molar refractivity (Wildman–Crippen MR) is 84.2 cm³/mol. The molecule has 1 aromatic carbocycles. The third-order valence-corrected chi connectivity index (χ3v) is 4.25. The lowest BCUT2D eigenvalue weighted by atomic mass is 10.2. The van der Waals surface area contributed by atoms with E-state index < -0.39 is 0 Å². The minimum Gasteiger partial charge on any atom is -0.345 e. The number of anilines is 1. The summed E-state index contributed by atoms with van der Waals surface area (Å²) in [7, 11) is 0. The number of aromatic nitrogens is 1. The van der Waals surface area contributed by atoms with Gasteiger partial charge in [0.25, 0.3) is 5.91 Å². The number of amides is 1. The van der Waals surface area contributed by atoms with E-state index in [-0.39, 0.29) is 11.7 Å². The molecule has 22 heavy (non-hydrogen) atoms. The zero-order valence-electron chi connectivity index (χ0n) is 11.8. The van der Waals surface area contributed by atoms with Crippen molar-refractivity contribution >= 4 is 22.4 Å². The van der Waals surface area contributed by atoms with Crippen LogP contribution < -0.4 is 4.90 Å². The van der Waals surface area contributed by atoms with Crippen molar-refractivity contribution in [3.8, 4) is 11.8 Å². The summed E-state index contributed by atoms with van der Waals surface area (Å²) in [5.74, 6) is 4.90. The van der Waals surface area contributed by atoms with Crippen LogP contribution in [0.25, 0.3) is 0 Å². The second-order valence-corrected chi connectivity index (χ2v) is 5.72. The van der Waals surface area contributed by atoms with Crippen LogP contribution in [-0.4, -0.2) is 42.0 Å². The molecule has 3 rings (SSSR count). The molecule has 1 aliphatic rings. The summed E-state index contributed by atoms with van der Waals surface area (Å²) >= 11 is 1.60. The third-order valence-electron chi connectivity index (χ3n) is 3.41. The first-order chi connectivity index (χ1) is 10.7. The van der Waals surface area contributed by atoms with Gasteiger partial charge in [0.2, 0.25) is 0 Å². The number of carbonyl (C=O) groups excluding carboxylic acids is 1. The normalized spacial score (nSPS) is 14.4. The Balaban J connectivity index is 1.57. The quantitative estimate of drug-likeness (QED) is 0.755. The van der Waals surface area contributed by atoms with Crippen molar-refractivity contribution < 1.29 is 9.18 Å². The lowest BCUT2D eigenvalue weighted by Crippen LogP contribution is -2.48. The van der Waals surface area contributed by atoms with E-state index in [4.69, 9.17) is 0 Å². The van der Waals surface area contributed by atoms with Gasteiger partial charge in [-0.25, -0.2) is 9.37 Å². The van der Waals surface area contributed by atoms with Gasteiger partial charge < -0.3 is 9.80 Å². The average Bonchev–Trinajstić information content (AvgIpc) is 3.09. The van der Waals surface area contributed by atoms with Crippen molar-refractivity contribution in [2.75, 3.05) is 31.1 Å². The molecule has 0 unspecified atom stereocenters. The molecule has 0 aliphatic carbocycles. The van der Waals surface area contributed by atoms with E-state index in [1.807, 2.05) is 5.38 Å². The Morgan fingerprint density at radius 1 is 1.18 bits per heavy atom. The molecule has 1 aliphatic heterocycles. The van der Waals surface area contributed by atoms with Crippen molar-refractivity contribution in [3.63, 3.8) is 0 Å². The van der Waals surface area contributed by atoms with Crippen LogP contribution in [0.5, 0.6) is 0 Å². The second-order valence-electron chi connectivity index (χ2n) is 4.85. The first-order valence-electron chi connectivity index (χ1n) is 6.93. The summed E-state index contributed by atoms with van der Waals surface area (Å²) < 4.78 is 12.8. The van der Waals surface area contributed by atoms with Crippen LogP contribution in [0.3, 0.4) is 0 Å². The highest BCUT2D eigenvalue weighted by Gasteiger charge is 2.21. The molecule has 1 aromatic heterocycles. The van der Waals surface area contributed by atoms with Gasteiger partial charge in [-0.05, 0) is 24.3 Å². The van der Waals surface area contributed by atoms with Gasteiger partial charge >= 0.3 is 0 Å². The van der Waals surface area contributed by atoms with Crippen LogP contribution in [0.4, 0.5) is 9.52 Å². The van der Waals surface area contributed by atoms with Crippen molar-refractivity contribution in [1.82, 2.24) is 9.88 Å². The van der Waals surface area contributed by atoms with Crippen molar-refractivity contribution in [2.45, 2.75) is 0 Å². The summed E-state index contributed by atoms with van der Waals surface area (Å²) in [5, 5.41) is 2.94. The third kappa shape index (κ3) is 3.43. The Hall–Kier alpha value is -2.39. The van der Waals surface area contributed by atoms with Gasteiger partial charge in [-0.15, -0.1) is 11.3 Å². The number of hydrogen-bond acceptors (Lipinski definition) is 4. The number of hydrogen-bond donors (Lipinski definition) is 0. The zero-order valence-corrected chi connectivity index (χ0v) is 12.6. The van der Waals surface area contributed by atoms with Gasteiger partial charge in [0.15, 0.2) is 5.13 Å². The molecule has 2 heterocycles. The summed E-state index contributed by atoms with van der Waals surface area (Å²) in [5.41, 5.74) is 0.635. The summed E-state index contributed by atoms with van der Waals surface area (Å²) in [4.78, 5) is 20.3. The fourth-order valence-corrected chi connectivity index (χ4v) is 2.91. The maximum atomic E-state index is 12.8. The highest BCUT2D eigenvalue weighted by molar-refractivity contribution is 7.13. The van der Waals surface area contributed by atoms with Gasteiger partial charge in [0, 0.05) is 49.2 Å². The van der Waals surface area contributed by atoms with Gasteiger partial charge in [0.1, 0.15) is 5.82 Å². The molecule has 0 atom stereocenters. The molecular weight excluding hydrogens is 301 g/mol. The lowest BCUT2D eigenvalue weighted by Gasteiger charge is -2.33. The molecule has 0 radical (unpaired) electrons. The molecule has 0 spiro atoms. The summed E-state index contributed by atoms with van der Waals surface area (Å²) in [6.07, 6.45) is 1.78. The fraction of sp³-hybridized carbons (Fsp3) is 0.250. The first-order valence-corrected chi connectivity index (χ1v) is 7.81. The predicted octanol–water partition coefficient (Wildman–Crippen LogP) is 1.98. The van der Waals surface area contributed by atoms with Gasteiger partial charge in [-0.3, -0.25) is 4.79 Å². The Bertz CT molecular complexity index is 695. The molecule has 0 bridgehead atoms. The van der Waals surface area contributed by atoms with Crippen LogP contribution in [0, 0.1) is 17.7 Å². The van der Waals surface area contributed by atoms with Crippen LogP contribution in [-0.2, 0) is 4.79 Å². The number of piperazine rings is 1. The lowest BCUT2D eigenvalue weighted by molar-refractivity contribution is -0.125. The Morgan fingerprint density at radius 2 is 1.91 bits per heavy atom. The smallest absolute Gasteiger partial charge is 0.298 e. The Morgan fingerprint density at radius 3 is 2.55 bits per heavy atom. The number of rotatable bonds is 1. The van der Waals surface area contributed by atoms with Crippen molar-refractivity contribution in [2.24, 2.45) is 0 Å².